The number of halogens is 1. The van der Waals surface area contributed by atoms with Gasteiger partial charge in [0.2, 0.25) is 0 Å². The standard InChI is InChI=1S/C26H22BrNO5/c1-3-33-21-13-17(10-12-20(21)29)23-22(24(30)16-7-5-4-6-8-16)25(31)26(32)28(23)18-11-9-15(2)19(27)14-18/h4-14,23,29-30H,3H2,1-2H3/b24-22+. The molecule has 1 aliphatic heterocycles. The Hall–Kier alpha value is -3.58. The van der Waals surface area contributed by atoms with E-state index in [-0.39, 0.29) is 22.8 Å². The number of aliphatic hydroxyl groups excluding tert-OH is 1. The summed E-state index contributed by atoms with van der Waals surface area (Å²) in [7, 11) is 0. The zero-order valence-electron chi connectivity index (χ0n) is 18.1. The number of nitrogens with zero attached hydrogens (tertiary/aromatic N) is 1. The molecule has 168 valence electrons. The van der Waals surface area contributed by atoms with Crippen molar-refractivity contribution in [3.05, 3.63) is 93.5 Å². The highest BCUT2D eigenvalue weighted by Gasteiger charge is 2.47. The summed E-state index contributed by atoms with van der Waals surface area (Å²) in [4.78, 5) is 27.8. The van der Waals surface area contributed by atoms with Gasteiger partial charge in [-0.1, -0.05) is 58.4 Å². The minimum Gasteiger partial charge on any atom is -0.507 e. The minimum atomic E-state index is -0.917. The van der Waals surface area contributed by atoms with Crippen LogP contribution in [0.25, 0.3) is 5.76 Å². The number of carbonyl (C=O) groups excluding carboxylic acids is 2. The van der Waals surface area contributed by atoms with Gasteiger partial charge in [0, 0.05) is 15.7 Å². The summed E-state index contributed by atoms with van der Waals surface area (Å²) in [5.74, 6) is -1.63. The normalized spacial score (nSPS) is 17.4. The van der Waals surface area contributed by atoms with Crippen molar-refractivity contribution in [3.8, 4) is 11.5 Å². The number of hydrogen-bond acceptors (Lipinski definition) is 5. The molecule has 1 saturated heterocycles. The Bertz CT molecular complexity index is 1270. The van der Waals surface area contributed by atoms with Crippen molar-refractivity contribution < 1.29 is 24.5 Å². The van der Waals surface area contributed by atoms with Crippen LogP contribution in [0, 0.1) is 6.92 Å². The van der Waals surface area contributed by atoms with E-state index in [1.807, 2.05) is 13.0 Å². The van der Waals surface area contributed by atoms with Crippen LogP contribution in [0.2, 0.25) is 0 Å². The monoisotopic (exact) mass is 507 g/mol. The van der Waals surface area contributed by atoms with Crippen LogP contribution in [-0.4, -0.2) is 28.5 Å². The van der Waals surface area contributed by atoms with Crippen molar-refractivity contribution in [1.82, 2.24) is 0 Å². The molecule has 0 saturated carbocycles. The van der Waals surface area contributed by atoms with Gasteiger partial charge < -0.3 is 14.9 Å². The SMILES string of the molecule is CCOc1cc(C2/C(=C(\O)c3ccccc3)C(=O)C(=O)N2c2ccc(C)c(Br)c2)ccc1O. The Kier molecular flexibility index (Phi) is 6.24. The maximum absolute atomic E-state index is 13.2. The van der Waals surface area contributed by atoms with E-state index in [2.05, 4.69) is 15.9 Å². The topological polar surface area (TPSA) is 87.1 Å². The zero-order valence-corrected chi connectivity index (χ0v) is 19.7. The summed E-state index contributed by atoms with van der Waals surface area (Å²) in [6.07, 6.45) is 0. The van der Waals surface area contributed by atoms with E-state index in [0.29, 0.717) is 23.4 Å². The smallest absolute Gasteiger partial charge is 0.300 e. The average Bonchev–Trinajstić information content (AvgIpc) is 3.08. The highest BCUT2D eigenvalue weighted by molar-refractivity contribution is 9.10. The number of aryl methyl sites for hydroxylation is 1. The van der Waals surface area contributed by atoms with Gasteiger partial charge >= 0.3 is 0 Å². The van der Waals surface area contributed by atoms with E-state index < -0.39 is 17.7 Å². The van der Waals surface area contributed by atoms with Gasteiger partial charge in [0.1, 0.15) is 5.76 Å². The molecule has 1 unspecified atom stereocenters. The molecule has 1 heterocycles. The number of amides is 1. The Morgan fingerprint density at radius 2 is 1.79 bits per heavy atom. The molecule has 0 spiro atoms. The molecule has 0 bridgehead atoms. The van der Waals surface area contributed by atoms with Crippen LogP contribution >= 0.6 is 15.9 Å². The number of ether oxygens (including phenoxy) is 1. The quantitative estimate of drug-likeness (QED) is 0.271. The molecule has 0 aromatic heterocycles. The molecular weight excluding hydrogens is 486 g/mol. The molecule has 3 aromatic carbocycles. The fourth-order valence-corrected chi connectivity index (χ4v) is 4.24. The first-order chi connectivity index (χ1) is 15.8. The number of phenolic OH excluding ortho intramolecular Hbond substituents is 1. The van der Waals surface area contributed by atoms with E-state index >= 15 is 0 Å². The number of phenols is 1. The van der Waals surface area contributed by atoms with Crippen molar-refractivity contribution in [2.24, 2.45) is 0 Å². The van der Waals surface area contributed by atoms with Crippen molar-refractivity contribution in [2.45, 2.75) is 19.9 Å². The predicted octanol–water partition coefficient (Wildman–Crippen LogP) is 5.49. The fourth-order valence-electron chi connectivity index (χ4n) is 3.87. The molecule has 2 N–H and O–H groups in total. The lowest BCUT2D eigenvalue weighted by molar-refractivity contribution is -0.132. The maximum atomic E-state index is 13.2. The Morgan fingerprint density at radius 1 is 1.06 bits per heavy atom. The van der Waals surface area contributed by atoms with Gasteiger partial charge in [-0.15, -0.1) is 0 Å². The zero-order chi connectivity index (χ0) is 23.7. The van der Waals surface area contributed by atoms with E-state index in [1.54, 1.807) is 61.5 Å². The highest BCUT2D eigenvalue weighted by atomic mass is 79.9. The molecule has 1 atom stereocenters. The summed E-state index contributed by atoms with van der Waals surface area (Å²) >= 11 is 3.49. The first-order valence-corrected chi connectivity index (χ1v) is 11.2. The van der Waals surface area contributed by atoms with Crippen molar-refractivity contribution in [3.63, 3.8) is 0 Å². The molecule has 0 radical (unpaired) electrons. The minimum absolute atomic E-state index is 0.0314. The molecule has 6 nitrogen and oxygen atoms in total. The number of anilines is 1. The van der Waals surface area contributed by atoms with Crippen LogP contribution in [0.3, 0.4) is 0 Å². The highest BCUT2D eigenvalue weighted by Crippen LogP contribution is 2.44. The van der Waals surface area contributed by atoms with Crippen molar-refractivity contribution in [2.75, 3.05) is 11.5 Å². The molecule has 7 heteroatoms. The van der Waals surface area contributed by atoms with Gasteiger partial charge in [0.25, 0.3) is 11.7 Å². The molecule has 4 rings (SSSR count). The second kappa shape index (κ2) is 9.11. The number of carbonyl (C=O) groups is 2. The molecule has 1 amide bonds. The molecule has 0 aliphatic carbocycles. The van der Waals surface area contributed by atoms with E-state index in [9.17, 15) is 19.8 Å². The lowest BCUT2D eigenvalue weighted by Gasteiger charge is -2.26. The first-order valence-electron chi connectivity index (χ1n) is 10.4. The van der Waals surface area contributed by atoms with Crippen molar-refractivity contribution in [1.29, 1.82) is 0 Å². The molecule has 1 fully saturated rings. The summed E-state index contributed by atoms with van der Waals surface area (Å²) in [5.41, 5.74) is 2.38. The second-order valence-corrected chi connectivity index (χ2v) is 8.48. The van der Waals surface area contributed by atoms with Crippen LogP contribution < -0.4 is 9.64 Å². The van der Waals surface area contributed by atoms with Crippen LogP contribution in [0.5, 0.6) is 11.5 Å². The van der Waals surface area contributed by atoms with Gasteiger partial charge in [-0.3, -0.25) is 14.5 Å². The summed E-state index contributed by atoms with van der Waals surface area (Å²) in [6.45, 7) is 4.03. The van der Waals surface area contributed by atoms with Crippen molar-refractivity contribution >= 4 is 39.1 Å². The molecule has 33 heavy (non-hydrogen) atoms. The van der Waals surface area contributed by atoms with E-state index in [0.717, 1.165) is 10.0 Å². The number of Topliss-reactive ketones (excluding diaryl/α,β-unsaturated/α-hetero) is 1. The predicted molar refractivity (Wildman–Crippen MR) is 129 cm³/mol. The third-order valence-corrected chi connectivity index (χ3v) is 6.38. The largest absolute Gasteiger partial charge is 0.507 e. The molecule has 1 aliphatic rings. The van der Waals surface area contributed by atoms with Crippen LogP contribution in [0.15, 0.2) is 76.8 Å². The number of aromatic hydroxyl groups is 1. The molecular formula is C26H22BrNO5. The summed E-state index contributed by atoms with van der Waals surface area (Å²) in [6, 6.07) is 17.7. The Labute approximate surface area is 199 Å². The van der Waals surface area contributed by atoms with Gasteiger partial charge in [0.15, 0.2) is 11.5 Å². The number of benzene rings is 3. The number of hydrogen-bond donors (Lipinski definition) is 2. The van der Waals surface area contributed by atoms with Gasteiger partial charge in [-0.05, 0) is 49.2 Å². The number of rotatable bonds is 5. The third-order valence-electron chi connectivity index (χ3n) is 5.52. The van der Waals surface area contributed by atoms with Gasteiger partial charge in [-0.2, -0.15) is 0 Å². The summed E-state index contributed by atoms with van der Waals surface area (Å²) in [5, 5.41) is 21.3. The first kappa shape index (κ1) is 22.6. The van der Waals surface area contributed by atoms with E-state index in [4.69, 9.17) is 4.74 Å². The Balaban J connectivity index is 1.97. The third kappa shape index (κ3) is 4.12. The number of ketones is 1. The van der Waals surface area contributed by atoms with Gasteiger partial charge in [-0.25, -0.2) is 0 Å². The maximum Gasteiger partial charge on any atom is 0.300 e. The molecule has 3 aromatic rings. The Morgan fingerprint density at radius 3 is 2.45 bits per heavy atom. The fraction of sp³-hybridized carbons (Fsp3) is 0.154. The average molecular weight is 508 g/mol. The van der Waals surface area contributed by atoms with Crippen LogP contribution in [-0.2, 0) is 9.59 Å². The van der Waals surface area contributed by atoms with Crippen LogP contribution in [0.1, 0.15) is 29.7 Å². The lowest BCUT2D eigenvalue weighted by Crippen LogP contribution is -2.29. The van der Waals surface area contributed by atoms with Crippen LogP contribution in [0.4, 0.5) is 5.69 Å². The lowest BCUT2D eigenvalue weighted by atomic mass is 9.94. The summed E-state index contributed by atoms with van der Waals surface area (Å²) < 4.78 is 6.30. The van der Waals surface area contributed by atoms with Gasteiger partial charge in [0.05, 0.1) is 18.2 Å². The van der Waals surface area contributed by atoms with E-state index in [1.165, 1.54) is 11.0 Å². The second-order valence-electron chi connectivity index (χ2n) is 7.63. The number of aliphatic hydroxyl groups is 1.